The molecule has 6 heteroatoms. The molecule has 3 N–H and O–H groups in total. The van der Waals surface area contributed by atoms with Gasteiger partial charge in [0.1, 0.15) is 0 Å². The van der Waals surface area contributed by atoms with E-state index in [0.717, 1.165) is 5.56 Å². The summed E-state index contributed by atoms with van der Waals surface area (Å²) in [5.74, 6) is 5.51. The lowest BCUT2D eigenvalue weighted by molar-refractivity contribution is 0.601. The van der Waals surface area contributed by atoms with E-state index >= 15 is 0 Å². The molecule has 0 aliphatic heterocycles. The van der Waals surface area contributed by atoms with Crippen LogP contribution in [0.4, 0.5) is 5.69 Å². The molecule has 0 amide bonds. The molecule has 5 nitrogen and oxygen atoms in total. The molecule has 21 heavy (non-hydrogen) atoms. The van der Waals surface area contributed by atoms with Gasteiger partial charge in [-0.1, -0.05) is 17.9 Å². The van der Waals surface area contributed by atoms with Crippen LogP contribution >= 0.6 is 0 Å². The van der Waals surface area contributed by atoms with Gasteiger partial charge < -0.3 is 5.73 Å². The zero-order chi connectivity index (χ0) is 15.3. The van der Waals surface area contributed by atoms with Gasteiger partial charge >= 0.3 is 0 Å². The van der Waals surface area contributed by atoms with E-state index < -0.39 is 10.0 Å². The van der Waals surface area contributed by atoms with E-state index in [1.54, 1.807) is 24.4 Å². The summed E-state index contributed by atoms with van der Waals surface area (Å²) in [4.78, 5) is 4.07. The third kappa shape index (κ3) is 3.81. The molecule has 0 aliphatic carbocycles. The van der Waals surface area contributed by atoms with Crippen molar-refractivity contribution in [3.05, 3.63) is 53.9 Å². The quantitative estimate of drug-likeness (QED) is 0.841. The molecule has 2 aromatic rings. The first-order valence-corrected chi connectivity index (χ1v) is 7.73. The molecule has 0 atom stereocenters. The number of aromatic nitrogens is 1. The highest BCUT2D eigenvalue weighted by molar-refractivity contribution is 7.92. The minimum atomic E-state index is -3.67. The number of sulfonamides is 1. The second-order valence-corrected chi connectivity index (χ2v) is 6.01. The third-order valence-electron chi connectivity index (χ3n) is 2.76. The normalized spacial score (nSPS) is 10.6. The molecule has 0 aliphatic rings. The van der Waals surface area contributed by atoms with Gasteiger partial charge in [-0.2, -0.15) is 0 Å². The predicted octanol–water partition coefficient (Wildman–Crippen LogP) is 1.50. The molecule has 108 valence electrons. The highest BCUT2D eigenvalue weighted by Gasteiger charge is 2.15. The molecule has 0 fully saturated rings. The maximum Gasteiger partial charge on any atom is 0.261 e. The fourth-order valence-electron chi connectivity index (χ4n) is 1.67. The minimum absolute atomic E-state index is 0.148. The molecule has 0 radical (unpaired) electrons. The van der Waals surface area contributed by atoms with Crippen LogP contribution in [0.1, 0.15) is 11.1 Å². The molecule has 1 aromatic carbocycles. The van der Waals surface area contributed by atoms with Crippen molar-refractivity contribution in [2.75, 3.05) is 11.3 Å². The topological polar surface area (TPSA) is 85.1 Å². The Morgan fingerprint density at radius 3 is 2.86 bits per heavy atom. The first kappa shape index (κ1) is 15.0. The van der Waals surface area contributed by atoms with E-state index in [-0.39, 0.29) is 11.4 Å². The average molecular weight is 301 g/mol. The number of pyridine rings is 1. The van der Waals surface area contributed by atoms with E-state index in [1.165, 1.54) is 18.3 Å². The molecule has 0 saturated heterocycles. The maximum absolute atomic E-state index is 12.4. The van der Waals surface area contributed by atoms with Crippen LogP contribution in [-0.2, 0) is 10.0 Å². The van der Waals surface area contributed by atoms with E-state index in [1.807, 2.05) is 6.92 Å². The summed E-state index contributed by atoms with van der Waals surface area (Å²) >= 11 is 0. The lowest BCUT2D eigenvalue weighted by Gasteiger charge is -2.10. The van der Waals surface area contributed by atoms with E-state index in [2.05, 4.69) is 21.5 Å². The number of nitrogens with zero attached hydrogens (tertiary/aromatic N) is 1. The van der Waals surface area contributed by atoms with Gasteiger partial charge in [0, 0.05) is 11.8 Å². The van der Waals surface area contributed by atoms with Crippen molar-refractivity contribution < 1.29 is 8.42 Å². The molecular formula is C15H15N3O2S. The number of hydrogen-bond donors (Lipinski definition) is 2. The van der Waals surface area contributed by atoms with Crippen molar-refractivity contribution in [2.45, 2.75) is 11.8 Å². The Balaban J connectivity index is 2.34. The van der Waals surface area contributed by atoms with Gasteiger partial charge in [0.05, 0.1) is 23.3 Å². The Labute approximate surface area is 124 Å². The summed E-state index contributed by atoms with van der Waals surface area (Å²) < 4.78 is 27.3. The number of anilines is 1. The van der Waals surface area contributed by atoms with Crippen LogP contribution in [0.25, 0.3) is 0 Å². The zero-order valence-corrected chi connectivity index (χ0v) is 12.3. The largest absolute Gasteiger partial charge is 0.320 e. The van der Waals surface area contributed by atoms with Crippen molar-refractivity contribution in [3.8, 4) is 11.8 Å². The van der Waals surface area contributed by atoms with Gasteiger partial charge in [-0.05, 0) is 36.8 Å². The number of nitrogens with one attached hydrogen (secondary N) is 1. The van der Waals surface area contributed by atoms with Gasteiger partial charge in [-0.15, -0.1) is 0 Å². The Morgan fingerprint density at radius 1 is 1.33 bits per heavy atom. The first-order chi connectivity index (χ1) is 10.0. The number of rotatable bonds is 3. The van der Waals surface area contributed by atoms with Crippen LogP contribution < -0.4 is 10.5 Å². The molecule has 1 heterocycles. The van der Waals surface area contributed by atoms with Crippen molar-refractivity contribution in [1.82, 2.24) is 4.98 Å². The van der Waals surface area contributed by atoms with Crippen LogP contribution in [-0.4, -0.2) is 19.9 Å². The smallest absolute Gasteiger partial charge is 0.261 e. The van der Waals surface area contributed by atoms with E-state index in [9.17, 15) is 8.42 Å². The summed E-state index contributed by atoms with van der Waals surface area (Å²) in [6.45, 7) is 2.03. The summed E-state index contributed by atoms with van der Waals surface area (Å²) in [7, 11) is -3.67. The molecular weight excluding hydrogens is 286 g/mol. The number of benzene rings is 1. The standard InChI is InChI=1S/C15H15N3O2S/c1-12-7-9-17-11-15(12)18-21(19,20)14-6-2-4-13(10-14)5-3-8-16/h2,4,6-7,9-11,18H,8,16H2,1H3. The first-order valence-electron chi connectivity index (χ1n) is 6.25. The van der Waals surface area contributed by atoms with Gasteiger partial charge in [-0.25, -0.2) is 8.42 Å². The molecule has 0 bridgehead atoms. The van der Waals surface area contributed by atoms with Gasteiger partial charge in [0.15, 0.2) is 0 Å². The highest BCUT2D eigenvalue weighted by Crippen LogP contribution is 2.18. The highest BCUT2D eigenvalue weighted by atomic mass is 32.2. The van der Waals surface area contributed by atoms with E-state index in [0.29, 0.717) is 11.3 Å². The Kier molecular flexibility index (Phi) is 4.58. The number of hydrogen-bond acceptors (Lipinski definition) is 4. The monoisotopic (exact) mass is 301 g/mol. The van der Waals surface area contributed by atoms with Crippen LogP contribution in [0.3, 0.4) is 0 Å². The number of nitrogens with two attached hydrogens (primary N) is 1. The van der Waals surface area contributed by atoms with Crippen LogP contribution in [0.2, 0.25) is 0 Å². The van der Waals surface area contributed by atoms with Crippen molar-refractivity contribution in [2.24, 2.45) is 5.73 Å². The fourth-order valence-corrected chi connectivity index (χ4v) is 2.83. The van der Waals surface area contributed by atoms with Crippen molar-refractivity contribution in [1.29, 1.82) is 0 Å². The maximum atomic E-state index is 12.4. The Bertz CT molecular complexity index is 805. The number of aryl methyl sites for hydroxylation is 1. The zero-order valence-electron chi connectivity index (χ0n) is 11.5. The van der Waals surface area contributed by atoms with Crippen LogP contribution in [0, 0.1) is 18.8 Å². The lowest BCUT2D eigenvalue weighted by Crippen LogP contribution is -2.14. The molecule has 0 spiro atoms. The summed E-state index contributed by atoms with van der Waals surface area (Å²) in [5, 5.41) is 0. The third-order valence-corrected chi connectivity index (χ3v) is 4.13. The Hall–Kier alpha value is -2.36. The molecule has 0 saturated carbocycles. The second-order valence-electron chi connectivity index (χ2n) is 4.33. The lowest BCUT2D eigenvalue weighted by atomic mass is 10.2. The van der Waals surface area contributed by atoms with Crippen LogP contribution in [0.15, 0.2) is 47.6 Å². The van der Waals surface area contributed by atoms with Crippen molar-refractivity contribution >= 4 is 15.7 Å². The SMILES string of the molecule is Cc1ccncc1NS(=O)(=O)c1cccc(C#CCN)c1. The molecule has 0 unspecified atom stereocenters. The molecule has 2 rings (SSSR count). The van der Waals surface area contributed by atoms with E-state index in [4.69, 9.17) is 5.73 Å². The van der Waals surface area contributed by atoms with Gasteiger partial charge in [0.25, 0.3) is 10.0 Å². The van der Waals surface area contributed by atoms with Gasteiger partial charge in [-0.3, -0.25) is 9.71 Å². The second kappa shape index (κ2) is 6.39. The van der Waals surface area contributed by atoms with Crippen molar-refractivity contribution in [3.63, 3.8) is 0 Å². The van der Waals surface area contributed by atoms with Crippen LogP contribution in [0.5, 0.6) is 0 Å². The fraction of sp³-hybridized carbons (Fsp3) is 0.133. The summed E-state index contributed by atoms with van der Waals surface area (Å²) in [5.41, 5.74) is 7.16. The van der Waals surface area contributed by atoms with Gasteiger partial charge in [0.2, 0.25) is 0 Å². The average Bonchev–Trinajstić information content (AvgIpc) is 2.48. The summed E-state index contributed by atoms with van der Waals surface area (Å²) in [6, 6.07) is 8.14. The Morgan fingerprint density at radius 2 is 2.14 bits per heavy atom. The minimum Gasteiger partial charge on any atom is -0.320 e. The summed E-state index contributed by atoms with van der Waals surface area (Å²) in [6.07, 6.45) is 3.08. The molecule has 1 aromatic heterocycles. The predicted molar refractivity (Wildman–Crippen MR) is 82.2 cm³/mol.